The normalized spacial score (nSPS) is 21.2. The molecule has 2 nitrogen and oxygen atoms in total. The second-order valence-corrected chi connectivity index (χ2v) is 13.2. The summed E-state index contributed by atoms with van der Waals surface area (Å²) in [6, 6.07) is 24.2. The van der Waals surface area contributed by atoms with Crippen LogP contribution in [0.3, 0.4) is 0 Å². The van der Waals surface area contributed by atoms with Crippen molar-refractivity contribution in [2.45, 2.75) is 48.7 Å². The van der Waals surface area contributed by atoms with Gasteiger partial charge in [-0.05, 0) is 80.1 Å². The Labute approximate surface area is 182 Å². The molecule has 2 aliphatic rings. The summed E-state index contributed by atoms with van der Waals surface area (Å²) < 4.78 is 12.9. The summed E-state index contributed by atoms with van der Waals surface area (Å²) in [5, 5.41) is 0. The molecule has 0 atom stereocenters. The lowest BCUT2D eigenvalue weighted by Crippen LogP contribution is -2.41. The zero-order valence-electron chi connectivity index (χ0n) is 18.7. The average molecular weight is 416 g/mol. The standard InChI is InChI=1S/C26H29BO2S/c1-25(2)26(3,4)29-27(28-25)21-13-10-14-22-24(21)20-16-15-19(17-23(20)30(22,5)6)18-11-8-7-9-12-18/h7-17H,1-6H3. The van der Waals surface area contributed by atoms with Crippen LogP contribution in [0.5, 0.6) is 0 Å². The predicted octanol–water partition coefficient (Wildman–Crippen LogP) is 6.12. The average Bonchev–Trinajstić information content (AvgIpc) is 3.08. The van der Waals surface area contributed by atoms with E-state index in [0.29, 0.717) is 0 Å². The van der Waals surface area contributed by atoms with Crippen molar-refractivity contribution in [1.29, 1.82) is 0 Å². The zero-order chi connectivity index (χ0) is 21.3. The first-order valence-electron chi connectivity index (χ1n) is 10.5. The van der Waals surface area contributed by atoms with Gasteiger partial charge in [-0.2, -0.15) is 10.0 Å². The Morgan fingerprint density at radius 3 is 2.03 bits per heavy atom. The zero-order valence-corrected chi connectivity index (χ0v) is 19.5. The summed E-state index contributed by atoms with van der Waals surface area (Å²) in [4.78, 5) is 2.87. The lowest BCUT2D eigenvalue weighted by molar-refractivity contribution is 0.00578. The molecule has 3 aromatic carbocycles. The van der Waals surface area contributed by atoms with Gasteiger partial charge in [0.2, 0.25) is 0 Å². The molecule has 1 saturated heterocycles. The van der Waals surface area contributed by atoms with Crippen molar-refractivity contribution < 1.29 is 9.31 Å². The monoisotopic (exact) mass is 416 g/mol. The highest BCUT2D eigenvalue weighted by Crippen LogP contribution is 2.67. The van der Waals surface area contributed by atoms with E-state index in [-0.39, 0.29) is 18.3 Å². The number of benzene rings is 3. The molecule has 30 heavy (non-hydrogen) atoms. The summed E-state index contributed by atoms with van der Waals surface area (Å²) in [6.07, 6.45) is 4.81. The van der Waals surface area contributed by atoms with Crippen LogP contribution in [0.4, 0.5) is 0 Å². The van der Waals surface area contributed by atoms with Crippen LogP contribution >= 0.6 is 10.0 Å². The van der Waals surface area contributed by atoms with Crippen LogP contribution in [-0.2, 0) is 9.31 Å². The quantitative estimate of drug-likeness (QED) is 0.469. The van der Waals surface area contributed by atoms with Crippen molar-refractivity contribution in [3.05, 3.63) is 66.7 Å². The van der Waals surface area contributed by atoms with Crippen LogP contribution in [-0.4, -0.2) is 30.8 Å². The van der Waals surface area contributed by atoms with Gasteiger partial charge in [-0.3, -0.25) is 0 Å². The van der Waals surface area contributed by atoms with E-state index >= 15 is 0 Å². The third-order valence-electron chi connectivity index (χ3n) is 7.02. The van der Waals surface area contributed by atoms with Gasteiger partial charge in [0.15, 0.2) is 0 Å². The van der Waals surface area contributed by atoms with Gasteiger partial charge in [0.05, 0.1) is 11.2 Å². The second kappa shape index (κ2) is 6.50. The van der Waals surface area contributed by atoms with E-state index in [9.17, 15) is 0 Å². The smallest absolute Gasteiger partial charge is 0.399 e. The Morgan fingerprint density at radius 2 is 1.37 bits per heavy atom. The molecule has 0 radical (unpaired) electrons. The Kier molecular flexibility index (Phi) is 4.31. The van der Waals surface area contributed by atoms with E-state index in [0.717, 1.165) is 5.46 Å². The maximum atomic E-state index is 6.44. The van der Waals surface area contributed by atoms with E-state index in [1.165, 1.54) is 32.0 Å². The maximum Gasteiger partial charge on any atom is 0.495 e. The van der Waals surface area contributed by atoms with Crippen LogP contribution in [0.15, 0.2) is 76.5 Å². The van der Waals surface area contributed by atoms with E-state index in [1.807, 2.05) is 0 Å². The van der Waals surface area contributed by atoms with Crippen molar-refractivity contribution in [3.63, 3.8) is 0 Å². The molecule has 0 aromatic heterocycles. The third-order valence-corrected chi connectivity index (χ3v) is 9.90. The lowest BCUT2D eigenvalue weighted by atomic mass is 9.74. The van der Waals surface area contributed by atoms with Crippen LogP contribution in [0, 0.1) is 0 Å². The molecule has 0 N–H and O–H groups in total. The highest BCUT2D eigenvalue weighted by molar-refractivity contribution is 8.33. The first-order chi connectivity index (χ1) is 14.1. The molecule has 1 fully saturated rings. The molecular formula is C26H29BO2S. The van der Waals surface area contributed by atoms with Crippen LogP contribution < -0.4 is 5.46 Å². The van der Waals surface area contributed by atoms with Gasteiger partial charge < -0.3 is 9.31 Å². The molecule has 0 spiro atoms. The number of rotatable bonds is 2. The Hall–Kier alpha value is -2.01. The molecule has 0 amide bonds. The molecule has 0 aliphatic carbocycles. The number of fused-ring (bicyclic) bond motifs is 3. The number of hydrogen-bond acceptors (Lipinski definition) is 2. The Bertz CT molecular complexity index is 1120. The third kappa shape index (κ3) is 2.81. The molecule has 0 unspecified atom stereocenters. The van der Waals surface area contributed by atoms with E-state index in [2.05, 4.69) is 107 Å². The minimum Gasteiger partial charge on any atom is -0.399 e. The first-order valence-corrected chi connectivity index (χ1v) is 13.0. The van der Waals surface area contributed by atoms with Crippen LogP contribution in [0.1, 0.15) is 27.7 Å². The second-order valence-electron chi connectivity index (χ2n) is 9.71. The van der Waals surface area contributed by atoms with Crippen molar-refractivity contribution in [2.75, 3.05) is 12.5 Å². The summed E-state index contributed by atoms with van der Waals surface area (Å²) >= 11 is 0. The molecule has 0 saturated carbocycles. The van der Waals surface area contributed by atoms with Crippen LogP contribution in [0.2, 0.25) is 0 Å². The first kappa shape index (κ1) is 19.9. The fourth-order valence-corrected chi connectivity index (χ4v) is 7.04. The summed E-state index contributed by atoms with van der Waals surface area (Å²) in [7, 11) is -1.46. The summed E-state index contributed by atoms with van der Waals surface area (Å²) in [6.45, 7) is 8.47. The molecule has 4 heteroatoms. The molecule has 0 bridgehead atoms. The van der Waals surface area contributed by atoms with E-state index in [4.69, 9.17) is 9.31 Å². The highest BCUT2D eigenvalue weighted by atomic mass is 32.3. The molecule has 2 aliphatic heterocycles. The maximum absolute atomic E-state index is 6.44. The SMILES string of the molecule is CC1(C)OB(c2cccc3c2-c2ccc(-c4ccccc4)cc2S3(C)C)OC1(C)C. The fourth-order valence-electron chi connectivity index (χ4n) is 4.51. The Morgan fingerprint density at radius 1 is 0.700 bits per heavy atom. The number of hydrogen-bond donors (Lipinski definition) is 0. The highest BCUT2D eigenvalue weighted by Gasteiger charge is 2.53. The van der Waals surface area contributed by atoms with Gasteiger partial charge >= 0.3 is 7.12 Å². The van der Waals surface area contributed by atoms with Crippen molar-refractivity contribution in [1.82, 2.24) is 0 Å². The van der Waals surface area contributed by atoms with Crippen molar-refractivity contribution >= 4 is 22.6 Å². The van der Waals surface area contributed by atoms with Crippen LogP contribution in [0.25, 0.3) is 22.3 Å². The molecule has 2 heterocycles. The molecule has 3 aromatic rings. The topological polar surface area (TPSA) is 18.5 Å². The summed E-state index contributed by atoms with van der Waals surface area (Å²) in [5.41, 5.74) is 5.64. The van der Waals surface area contributed by atoms with Gasteiger partial charge in [0.25, 0.3) is 0 Å². The van der Waals surface area contributed by atoms with Gasteiger partial charge in [0.1, 0.15) is 0 Å². The fraction of sp³-hybridized carbons (Fsp3) is 0.308. The summed E-state index contributed by atoms with van der Waals surface area (Å²) in [5.74, 6) is 0. The lowest BCUT2D eigenvalue weighted by Gasteiger charge is -2.32. The largest absolute Gasteiger partial charge is 0.495 e. The van der Waals surface area contributed by atoms with Crippen molar-refractivity contribution in [2.24, 2.45) is 0 Å². The van der Waals surface area contributed by atoms with Crippen molar-refractivity contribution in [3.8, 4) is 22.3 Å². The van der Waals surface area contributed by atoms with Gasteiger partial charge in [-0.1, -0.05) is 54.6 Å². The minimum absolute atomic E-state index is 0.346. The molecular weight excluding hydrogens is 387 g/mol. The van der Waals surface area contributed by atoms with Gasteiger partial charge in [-0.25, -0.2) is 0 Å². The van der Waals surface area contributed by atoms with E-state index in [1.54, 1.807) is 0 Å². The van der Waals surface area contributed by atoms with Gasteiger partial charge in [-0.15, -0.1) is 0 Å². The molecule has 154 valence electrons. The predicted molar refractivity (Wildman–Crippen MR) is 129 cm³/mol. The van der Waals surface area contributed by atoms with Gasteiger partial charge in [0, 0.05) is 9.79 Å². The molecule has 5 rings (SSSR count). The minimum atomic E-state index is -1.12. The Balaban J connectivity index is 1.66. The van der Waals surface area contributed by atoms with E-state index < -0.39 is 10.0 Å².